The highest BCUT2D eigenvalue weighted by molar-refractivity contribution is 5.77. The highest BCUT2D eigenvalue weighted by atomic mass is 19.1. The van der Waals surface area contributed by atoms with Gasteiger partial charge in [-0.3, -0.25) is 4.79 Å². The molecule has 3 heteroatoms. The lowest BCUT2D eigenvalue weighted by Crippen LogP contribution is -2.06. The van der Waals surface area contributed by atoms with Crippen LogP contribution in [0.3, 0.4) is 0 Å². The van der Waals surface area contributed by atoms with Crippen LogP contribution in [0.2, 0.25) is 0 Å². The molecule has 1 aromatic rings. The van der Waals surface area contributed by atoms with Gasteiger partial charge in [0.15, 0.2) is 11.6 Å². The summed E-state index contributed by atoms with van der Waals surface area (Å²) in [6.07, 6.45) is 4.73. The minimum atomic E-state index is -0.234. The molecule has 0 fully saturated rings. The molecule has 1 aromatic carbocycles. The van der Waals surface area contributed by atoms with Gasteiger partial charge in [0.2, 0.25) is 0 Å². The highest BCUT2D eigenvalue weighted by Gasteiger charge is 2.09. The smallest absolute Gasteiger partial charge is 0.168 e. The number of carbonyl (C=O) groups is 1. The number of aryl methyl sites for hydroxylation is 1. The molecule has 0 saturated carbocycles. The van der Waals surface area contributed by atoms with Crippen LogP contribution in [0.4, 0.5) is 4.39 Å². The monoisotopic (exact) mass is 324 g/mol. The van der Waals surface area contributed by atoms with Crippen molar-refractivity contribution in [2.24, 2.45) is 5.92 Å². The van der Waals surface area contributed by atoms with Crippen LogP contribution >= 0.6 is 0 Å². The number of unbranched alkanes of at least 4 members (excludes halogenated alkanes) is 2. The molecular formula is C20H33FO2. The number of carbonyl (C=O) groups excluding carboxylic acids is 1. The quantitative estimate of drug-likeness (QED) is 0.496. The molecule has 0 aliphatic rings. The second kappa shape index (κ2) is 13.1. The summed E-state index contributed by atoms with van der Waals surface area (Å²) < 4.78 is 19.7. The van der Waals surface area contributed by atoms with Gasteiger partial charge < -0.3 is 4.74 Å². The number of ketones is 1. The van der Waals surface area contributed by atoms with Crippen LogP contribution in [0.5, 0.6) is 5.75 Å². The van der Waals surface area contributed by atoms with Crippen molar-refractivity contribution in [2.75, 3.05) is 6.61 Å². The van der Waals surface area contributed by atoms with E-state index in [1.807, 2.05) is 46.8 Å². The SMILES string of the molecule is CC.CCC(=O)CCCCCc1cccc(OCC(C)C)c1F. The van der Waals surface area contributed by atoms with Crippen molar-refractivity contribution < 1.29 is 13.9 Å². The van der Waals surface area contributed by atoms with E-state index >= 15 is 0 Å². The van der Waals surface area contributed by atoms with Crippen LogP contribution in [0.1, 0.15) is 72.3 Å². The summed E-state index contributed by atoms with van der Waals surface area (Å²) in [5.41, 5.74) is 0.707. The summed E-state index contributed by atoms with van der Waals surface area (Å²) in [6.45, 7) is 10.5. The maximum Gasteiger partial charge on any atom is 0.168 e. The Bertz CT molecular complexity index is 441. The van der Waals surface area contributed by atoms with E-state index < -0.39 is 0 Å². The molecule has 0 spiro atoms. The summed E-state index contributed by atoms with van der Waals surface area (Å²) in [5, 5.41) is 0. The maximum absolute atomic E-state index is 14.2. The van der Waals surface area contributed by atoms with Crippen LogP contribution in [0.15, 0.2) is 18.2 Å². The fourth-order valence-electron chi connectivity index (χ4n) is 2.11. The molecule has 0 unspecified atom stereocenters. The minimum absolute atomic E-state index is 0.234. The average Bonchev–Trinajstić information content (AvgIpc) is 2.56. The Labute approximate surface area is 141 Å². The van der Waals surface area contributed by atoms with Crippen LogP contribution in [0, 0.1) is 11.7 Å². The molecule has 0 aromatic heterocycles. The number of halogens is 1. The largest absolute Gasteiger partial charge is 0.490 e. The number of rotatable bonds is 10. The predicted octanol–water partition coefficient (Wildman–Crippen LogP) is 5.97. The Balaban J connectivity index is 0.00000232. The lowest BCUT2D eigenvalue weighted by molar-refractivity contribution is -0.118. The third-order valence-electron chi connectivity index (χ3n) is 3.41. The third kappa shape index (κ3) is 9.37. The fourth-order valence-corrected chi connectivity index (χ4v) is 2.11. The van der Waals surface area contributed by atoms with E-state index in [1.54, 1.807) is 6.07 Å². The van der Waals surface area contributed by atoms with Gasteiger partial charge in [-0.15, -0.1) is 0 Å². The molecule has 0 radical (unpaired) electrons. The first-order valence-corrected chi connectivity index (χ1v) is 8.96. The van der Waals surface area contributed by atoms with Crippen LogP contribution in [-0.4, -0.2) is 12.4 Å². The Kier molecular flexibility index (Phi) is 12.3. The van der Waals surface area contributed by atoms with Crippen molar-refractivity contribution in [3.05, 3.63) is 29.6 Å². The Morgan fingerprint density at radius 3 is 2.48 bits per heavy atom. The third-order valence-corrected chi connectivity index (χ3v) is 3.41. The highest BCUT2D eigenvalue weighted by Crippen LogP contribution is 2.22. The van der Waals surface area contributed by atoms with Crippen LogP contribution < -0.4 is 4.74 Å². The molecule has 23 heavy (non-hydrogen) atoms. The Morgan fingerprint density at radius 1 is 1.17 bits per heavy atom. The maximum atomic E-state index is 14.2. The van der Waals surface area contributed by atoms with E-state index in [1.165, 1.54) is 0 Å². The molecule has 2 nitrogen and oxygen atoms in total. The van der Waals surface area contributed by atoms with Gasteiger partial charge in [0, 0.05) is 12.8 Å². The van der Waals surface area contributed by atoms with Crippen LogP contribution in [-0.2, 0) is 11.2 Å². The van der Waals surface area contributed by atoms with Crippen molar-refractivity contribution in [1.82, 2.24) is 0 Å². The van der Waals surface area contributed by atoms with Gasteiger partial charge in [-0.2, -0.15) is 0 Å². The summed E-state index contributed by atoms with van der Waals surface area (Å²) in [4.78, 5) is 11.2. The van der Waals surface area contributed by atoms with E-state index in [0.29, 0.717) is 48.9 Å². The molecule has 0 bridgehead atoms. The van der Waals surface area contributed by atoms with Gasteiger partial charge >= 0.3 is 0 Å². The average molecular weight is 324 g/mol. The second-order valence-electron chi connectivity index (χ2n) is 5.89. The minimum Gasteiger partial charge on any atom is -0.490 e. The zero-order valence-electron chi connectivity index (χ0n) is 15.5. The number of hydrogen-bond acceptors (Lipinski definition) is 2. The van der Waals surface area contributed by atoms with Crippen molar-refractivity contribution >= 4 is 5.78 Å². The number of hydrogen-bond donors (Lipinski definition) is 0. The summed E-state index contributed by atoms with van der Waals surface area (Å²) in [7, 11) is 0. The first kappa shape index (κ1) is 21.6. The molecular weight excluding hydrogens is 291 g/mol. The molecule has 0 atom stereocenters. The van der Waals surface area contributed by atoms with Gasteiger partial charge in [-0.1, -0.05) is 53.2 Å². The number of Topliss-reactive ketones (excluding diaryl/α,β-unsaturated/α-hetero) is 1. The fraction of sp³-hybridized carbons (Fsp3) is 0.650. The van der Waals surface area contributed by atoms with Crippen molar-refractivity contribution in [1.29, 1.82) is 0 Å². The zero-order chi connectivity index (χ0) is 17.7. The van der Waals surface area contributed by atoms with E-state index in [-0.39, 0.29) is 5.82 Å². The van der Waals surface area contributed by atoms with Gasteiger partial charge in [0.1, 0.15) is 5.78 Å². The standard InChI is InChI=1S/C18H27FO2.C2H6/c1-4-16(20)11-7-5-6-9-15-10-8-12-17(18(15)19)21-13-14(2)3;1-2/h8,10,12,14H,4-7,9,11,13H2,1-3H3;1-2H3. The zero-order valence-corrected chi connectivity index (χ0v) is 15.5. The molecule has 0 N–H and O–H groups in total. The van der Waals surface area contributed by atoms with Crippen molar-refractivity contribution in [2.45, 2.75) is 73.1 Å². The van der Waals surface area contributed by atoms with E-state index in [4.69, 9.17) is 4.74 Å². The van der Waals surface area contributed by atoms with Crippen LogP contribution in [0.25, 0.3) is 0 Å². The van der Waals surface area contributed by atoms with Crippen molar-refractivity contribution in [3.8, 4) is 5.75 Å². The number of benzene rings is 1. The van der Waals surface area contributed by atoms with Crippen molar-refractivity contribution in [3.63, 3.8) is 0 Å². The van der Waals surface area contributed by atoms with Gasteiger partial charge in [-0.25, -0.2) is 4.39 Å². The van der Waals surface area contributed by atoms with E-state index in [2.05, 4.69) is 0 Å². The summed E-state index contributed by atoms with van der Waals surface area (Å²) >= 11 is 0. The molecule has 0 heterocycles. The Morgan fingerprint density at radius 2 is 1.87 bits per heavy atom. The number of ether oxygens (including phenoxy) is 1. The van der Waals surface area contributed by atoms with Gasteiger partial charge in [-0.05, 0) is 36.8 Å². The summed E-state index contributed by atoms with van der Waals surface area (Å²) in [5.74, 6) is 0.805. The molecule has 0 amide bonds. The second-order valence-corrected chi connectivity index (χ2v) is 5.89. The van der Waals surface area contributed by atoms with Gasteiger partial charge in [0.25, 0.3) is 0 Å². The summed E-state index contributed by atoms with van der Waals surface area (Å²) in [6, 6.07) is 5.34. The predicted molar refractivity (Wildman–Crippen MR) is 95.6 cm³/mol. The first-order chi connectivity index (χ1) is 11.0. The normalized spacial score (nSPS) is 10.2. The first-order valence-electron chi connectivity index (χ1n) is 8.96. The Hall–Kier alpha value is -1.38. The lowest BCUT2D eigenvalue weighted by Gasteiger charge is -2.11. The molecule has 0 saturated heterocycles. The molecule has 1 rings (SSSR count). The lowest BCUT2D eigenvalue weighted by atomic mass is 10.0. The molecule has 0 aliphatic carbocycles. The molecule has 132 valence electrons. The van der Waals surface area contributed by atoms with Gasteiger partial charge in [0.05, 0.1) is 6.61 Å². The van der Waals surface area contributed by atoms with E-state index in [0.717, 1.165) is 19.3 Å². The topological polar surface area (TPSA) is 26.3 Å². The molecule has 0 aliphatic heterocycles. The van der Waals surface area contributed by atoms with E-state index in [9.17, 15) is 9.18 Å².